The minimum atomic E-state index is 0.132. The summed E-state index contributed by atoms with van der Waals surface area (Å²) in [5.41, 5.74) is 3.05. The van der Waals surface area contributed by atoms with Crippen LogP contribution in [0, 0.1) is 0 Å². The molecule has 0 heterocycles. The van der Waals surface area contributed by atoms with E-state index in [9.17, 15) is 0 Å². The van der Waals surface area contributed by atoms with Gasteiger partial charge in [-0.25, -0.2) is 0 Å². The van der Waals surface area contributed by atoms with Gasteiger partial charge in [0.15, 0.2) is 0 Å². The van der Waals surface area contributed by atoms with E-state index in [1.165, 1.54) is 30.4 Å². The molecule has 1 saturated carbocycles. The first-order chi connectivity index (χ1) is 9.52. The van der Waals surface area contributed by atoms with E-state index < -0.39 is 0 Å². The minimum Gasteiger partial charge on any atom is -0.311 e. The molecule has 2 rings (SSSR count). The second kappa shape index (κ2) is 6.28. The fourth-order valence-corrected chi connectivity index (χ4v) is 3.32. The topological polar surface area (TPSA) is 15.3 Å². The van der Waals surface area contributed by atoms with Gasteiger partial charge in [-0.3, -0.25) is 0 Å². The SMILES string of the molecule is CCC(C)(C(NC)c1ccc(C2CCC2)cc1)N(C)C. The Morgan fingerprint density at radius 3 is 2.20 bits per heavy atom. The zero-order valence-corrected chi connectivity index (χ0v) is 13.7. The van der Waals surface area contributed by atoms with E-state index in [0.717, 1.165) is 12.3 Å². The molecule has 0 amide bonds. The van der Waals surface area contributed by atoms with Crippen LogP contribution in [0.2, 0.25) is 0 Å². The molecule has 20 heavy (non-hydrogen) atoms. The Bertz CT molecular complexity index is 420. The van der Waals surface area contributed by atoms with Gasteiger partial charge in [0.1, 0.15) is 0 Å². The second-order valence-corrected chi connectivity index (χ2v) is 6.62. The van der Waals surface area contributed by atoms with Crippen LogP contribution in [-0.2, 0) is 0 Å². The largest absolute Gasteiger partial charge is 0.311 e. The highest BCUT2D eigenvalue weighted by Crippen LogP contribution is 2.38. The highest BCUT2D eigenvalue weighted by molar-refractivity contribution is 5.30. The average Bonchev–Trinajstić information content (AvgIpc) is 2.39. The number of rotatable bonds is 6. The molecule has 2 atom stereocenters. The lowest BCUT2D eigenvalue weighted by molar-refractivity contribution is 0.117. The van der Waals surface area contributed by atoms with Crippen molar-refractivity contribution in [3.8, 4) is 0 Å². The summed E-state index contributed by atoms with van der Waals surface area (Å²) in [6.07, 6.45) is 5.27. The van der Waals surface area contributed by atoms with Gasteiger partial charge in [0.25, 0.3) is 0 Å². The summed E-state index contributed by atoms with van der Waals surface area (Å²) in [5.74, 6) is 0.823. The lowest BCUT2D eigenvalue weighted by Gasteiger charge is -2.43. The van der Waals surface area contributed by atoms with E-state index in [1.54, 1.807) is 0 Å². The average molecular weight is 274 g/mol. The van der Waals surface area contributed by atoms with E-state index in [4.69, 9.17) is 0 Å². The summed E-state index contributed by atoms with van der Waals surface area (Å²) in [7, 11) is 6.43. The van der Waals surface area contributed by atoms with Gasteiger partial charge in [-0.15, -0.1) is 0 Å². The third-order valence-electron chi connectivity index (χ3n) is 5.49. The summed E-state index contributed by atoms with van der Waals surface area (Å²) < 4.78 is 0. The Morgan fingerprint density at radius 2 is 1.85 bits per heavy atom. The van der Waals surface area contributed by atoms with Crippen molar-refractivity contribution in [1.82, 2.24) is 10.2 Å². The Balaban J connectivity index is 2.22. The number of hydrogen-bond acceptors (Lipinski definition) is 2. The highest BCUT2D eigenvalue weighted by atomic mass is 15.2. The molecule has 0 bridgehead atoms. The molecule has 1 fully saturated rings. The molecule has 1 N–H and O–H groups in total. The third-order valence-corrected chi connectivity index (χ3v) is 5.49. The van der Waals surface area contributed by atoms with Gasteiger partial charge in [-0.1, -0.05) is 37.6 Å². The molecule has 1 aliphatic rings. The van der Waals surface area contributed by atoms with Crippen molar-refractivity contribution in [2.45, 2.75) is 57.0 Å². The first-order valence-electron chi connectivity index (χ1n) is 7.97. The van der Waals surface area contributed by atoms with Gasteiger partial charge >= 0.3 is 0 Å². The monoisotopic (exact) mass is 274 g/mol. The molecule has 1 aromatic carbocycles. The fraction of sp³-hybridized carbons (Fsp3) is 0.667. The van der Waals surface area contributed by atoms with Crippen LogP contribution >= 0.6 is 0 Å². The molecule has 0 spiro atoms. The van der Waals surface area contributed by atoms with Crippen LogP contribution in [0.3, 0.4) is 0 Å². The molecule has 0 aromatic heterocycles. The van der Waals surface area contributed by atoms with Crippen molar-refractivity contribution in [2.24, 2.45) is 0 Å². The lowest BCUT2D eigenvalue weighted by Crippen LogP contribution is -2.50. The highest BCUT2D eigenvalue weighted by Gasteiger charge is 2.34. The quantitative estimate of drug-likeness (QED) is 0.845. The van der Waals surface area contributed by atoms with Gasteiger partial charge in [0.05, 0.1) is 6.04 Å². The van der Waals surface area contributed by atoms with Gasteiger partial charge < -0.3 is 10.2 Å². The number of hydrogen-bond donors (Lipinski definition) is 1. The van der Waals surface area contributed by atoms with Gasteiger partial charge in [-0.05, 0) is 64.4 Å². The molecule has 1 aromatic rings. The Morgan fingerprint density at radius 1 is 1.25 bits per heavy atom. The van der Waals surface area contributed by atoms with E-state index in [0.29, 0.717) is 6.04 Å². The zero-order valence-electron chi connectivity index (χ0n) is 13.7. The molecule has 0 radical (unpaired) electrons. The molecule has 2 nitrogen and oxygen atoms in total. The van der Waals surface area contributed by atoms with Crippen molar-refractivity contribution in [2.75, 3.05) is 21.1 Å². The van der Waals surface area contributed by atoms with Gasteiger partial charge in [0.2, 0.25) is 0 Å². The second-order valence-electron chi connectivity index (χ2n) is 6.62. The summed E-state index contributed by atoms with van der Waals surface area (Å²) in [6, 6.07) is 9.70. The van der Waals surface area contributed by atoms with Crippen LogP contribution < -0.4 is 5.32 Å². The van der Waals surface area contributed by atoms with Crippen LogP contribution in [0.1, 0.15) is 62.6 Å². The first kappa shape index (κ1) is 15.5. The van der Waals surface area contributed by atoms with E-state index in [1.807, 2.05) is 0 Å². The summed E-state index contributed by atoms with van der Waals surface area (Å²) in [4.78, 5) is 2.34. The van der Waals surface area contributed by atoms with Crippen LogP contribution in [-0.4, -0.2) is 31.6 Å². The number of nitrogens with one attached hydrogen (secondary N) is 1. The normalized spacial score (nSPS) is 20.5. The van der Waals surface area contributed by atoms with E-state index in [-0.39, 0.29) is 5.54 Å². The Hall–Kier alpha value is -0.860. The molecular weight excluding hydrogens is 244 g/mol. The van der Waals surface area contributed by atoms with Gasteiger partial charge in [-0.2, -0.15) is 0 Å². The van der Waals surface area contributed by atoms with Crippen LogP contribution in [0.4, 0.5) is 0 Å². The zero-order chi connectivity index (χ0) is 14.8. The molecule has 0 aliphatic heterocycles. The third kappa shape index (κ3) is 2.77. The summed E-state index contributed by atoms with van der Waals surface area (Å²) >= 11 is 0. The maximum Gasteiger partial charge on any atom is 0.0501 e. The molecular formula is C18H30N2. The fourth-order valence-electron chi connectivity index (χ4n) is 3.32. The number of likely N-dealkylation sites (N-methyl/N-ethyl adjacent to an activating group) is 2. The minimum absolute atomic E-state index is 0.132. The molecule has 1 aliphatic carbocycles. The maximum atomic E-state index is 3.53. The van der Waals surface area contributed by atoms with Crippen LogP contribution in [0.25, 0.3) is 0 Å². The Kier molecular flexibility index (Phi) is 4.87. The standard InChI is InChI=1S/C18H30N2/c1-6-18(2,20(4)5)17(19-3)16-12-10-15(11-13-16)14-8-7-9-14/h10-14,17,19H,6-9H2,1-5H3. The predicted molar refractivity (Wildman–Crippen MR) is 87.2 cm³/mol. The van der Waals surface area contributed by atoms with Crippen molar-refractivity contribution in [3.63, 3.8) is 0 Å². The number of benzene rings is 1. The summed E-state index contributed by atoms with van der Waals surface area (Å²) in [5, 5.41) is 3.53. The number of nitrogens with zero attached hydrogens (tertiary/aromatic N) is 1. The molecule has 112 valence electrons. The van der Waals surface area contributed by atoms with Crippen molar-refractivity contribution in [1.29, 1.82) is 0 Å². The predicted octanol–water partition coefficient (Wildman–Crippen LogP) is 3.94. The van der Waals surface area contributed by atoms with Crippen LogP contribution in [0.15, 0.2) is 24.3 Å². The van der Waals surface area contributed by atoms with Crippen molar-refractivity contribution in [3.05, 3.63) is 35.4 Å². The van der Waals surface area contributed by atoms with Gasteiger partial charge in [0, 0.05) is 5.54 Å². The van der Waals surface area contributed by atoms with E-state index in [2.05, 4.69) is 69.5 Å². The van der Waals surface area contributed by atoms with Crippen molar-refractivity contribution >= 4 is 0 Å². The smallest absolute Gasteiger partial charge is 0.0501 e. The van der Waals surface area contributed by atoms with Crippen molar-refractivity contribution < 1.29 is 0 Å². The molecule has 0 saturated heterocycles. The Labute approximate surface area is 124 Å². The maximum absolute atomic E-state index is 3.53. The lowest BCUT2D eigenvalue weighted by atomic mass is 9.78. The van der Waals surface area contributed by atoms with Crippen LogP contribution in [0.5, 0.6) is 0 Å². The summed E-state index contributed by atoms with van der Waals surface area (Å²) in [6.45, 7) is 4.61. The molecule has 2 unspecified atom stereocenters. The molecule has 2 heteroatoms. The van der Waals surface area contributed by atoms with E-state index >= 15 is 0 Å². The first-order valence-corrected chi connectivity index (χ1v) is 7.97.